The monoisotopic (exact) mass is 298 g/mol. The Kier molecular flexibility index (Phi) is 3.57. The van der Waals surface area contributed by atoms with E-state index in [4.69, 9.17) is 4.74 Å². The minimum absolute atomic E-state index is 0.538. The normalized spacial score (nSPS) is 16.1. The molecule has 1 nitrogen and oxygen atoms in total. The van der Waals surface area contributed by atoms with Crippen molar-refractivity contribution < 1.29 is 4.74 Å². The fraction of sp³-hybridized carbons (Fsp3) is 0.0909. The van der Waals surface area contributed by atoms with Crippen LogP contribution in [0.2, 0.25) is 0 Å². The van der Waals surface area contributed by atoms with E-state index < -0.39 is 5.60 Å². The highest BCUT2D eigenvalue weighted by Crippen LogP contribution is 2.48. The Morgan fingerprint density at radius 1 is 0.609 bits per heavy atom. The van der Waals surface area contributed by atoms with E-state index in [2.05, 4.69) is 78.9 Å². The van der Waals surface area contributed by atoms with Crippen molar-refractivity contribution in [1.82, 2.24) is 0 Å². The summed E-state index contributed by atoms with van der Waals surface area (Å²) in [6.45, 7) is 0.619. The molecule has 0 fully saturated rings. The molecule has 0 aromatic heterocycles. The molecule has 1 heteroatoms. The van der Waals surface area contributed by atoms with E-state index >= 15 is 0 Å². The summed E-state index contributed by atoms with van der Waals surface area (Å²) in [6, 6.07) is 31.5. The second-order valence-electron chi connectivity index (χ2n) is 5.71. The lowest BCUT2D eigenvalue weighted by Gasteiger charge is -2.33. The Morgan fingerprint density at radius 2 is 1.09 bits per heavy atom. The van der Waals surface area contributed by atoms with Crippen LogP contribution < -0.4 is 0 Å². The lowest BCUT2D eigenvalue weighted by Crippen LogP contribution is -2.29. The zero-order chi connectivity index (χ0) is 15.5. The Bertz CT molecular complexity index is 765. The van der Waals surface area contributed by atoms with Crippen molar-refractivity contribution in [3.8, 4) is 0 Å². The molecule has 23 heavy (non-hydrogen) atoms. The van der Waals surface area contributed by atoms with Gasteiger partial charge in [0.2, 0.25) is 0 Å². The van der Waals surface area contributed by atoms with Crippen LogP contribution in [0.3, 0.4) is 0 Å². The van der Waals surface area contributed by atoms with Crippen LogP contribution in [0.5, 0.6) is 0 Å². The van der Waals surface area contributed by atoms with E-state index in [0.29, 0.717) is 6.61 Å². The van der Waals surface area contributed by atoms with E-state index in [1.54, 1.807) is 0 Å². The van der Waals surface area contributed by atoms with E-state index in [1.165, 1.54) is 22.3 Å². The van der Waals surface area contributed by atoms with Gasteiger partial charge in [-0.25, -0.2) is 0 Å². The van der Waals surface area contributed by atoms with Crippen molar-refractivity contribution in [3.63, 3.8) is 0 Å². The molecule has 1 aliphatic heterocycles. The molecule has 4 rings (SSSR count). The predicted octanol–water partition coefficient (Wildman–Crippen LogP) is 5.04. The first-order valence-corrected chi connectivity index (χ1v) is 7.92. The van der Waals surface area contributed by atoms with Gasteiger partial charge in [0.25, 0.3) is 0 Å². The molecule has 0 spiro atoms. The van der Waals surface area contributed by atoms with Crippen LogP contribution in [0, 0.1) is 0 Å². The number of hydrogen-bond acceptors (Lipinski definition) is 1. The van der Waals surface area contributed by atoms with Crippen LogP contribution in [-0.2, 0) is 10.3 Å². The number of rotatable bonds is 3. The van der Waals surface area contributed by atoms with Gasteiger partial charge in [-0.2, -0.15) is 0 Å². The molecule has 0 aliphatic carbocycles. The maximum absolute atomic E-state index is 6.39. The van der Waals surface area contributed by atoms with Gasteiger partial charge in [0.1, 0.15) is 5.60 Å². The predicted molar refractivity (Wildman–Crippen MR) is 94.0 cm³/mol. The Labute approximate surface area is 136 Å². The first-order chi connectivity index (χ1) is 11.4. The molecule has 0 radical (unpaired) electrons. The average Bonchev–Trinajstić information content (AvgIpc) is 3.10. The second kappa shape index (κ2) is 5.86. The lowest BCUT2D eigenvalue weighted by molar-refractivity contribution is 0.0636. The summed E-state index contributed by atoms with van der Waals surface area (Å²) < 4.78 is 6.39. The molecule has 1 aliphatic rings. The van der Waals surface area contributed by atoms with Gasteiger partial charge in [-0.05, 0) is 22.3 Å². The molecule has 0 unspecified atom stereocenters. The van der Waals surface area contributed by atoms with Gasteiger partial charge in [-0.15, -0.1) is 0 Å². The summed E-state index contributed by atoms with van der Waals surface area (Å²) in [5.74, 6) is 0. The molecule has 1 heterocycles. The largest absolute Gasteiger partial charge is 0.357 e. The zero-order valence-corrected chi connectivity index (χ0v) is 12.9. The molecular weight excluding hydrogens is 280 g/mol. The Balaban J connectivity index is 1.96. The Morgan fingerprint density at radius 3 is 1.61 bits per heavy atom. The minimum Gasteiger partial charge on any atom is -0.357 e. The Hall–Kier alpha value is -2.64. The highest BCUT2D eigenvalue weighted by molar-refractivity contribution is 5.79. The van der Waals surface area contributed by atoms with E-state index in [0.717, 1.165) is 0 Å². The minimum atomic E-state index is -0.538. The van der Waals surface area contributed by atoms with Crippen molar-refractivity contribution in [2.75, 3.05) is 6.61 Å². The van der Waals surface area contributed by atoms with Crippen LogP contribution in [-0.4, -0.2) is 6.61 Å². The van der Waals surface area contributed by atoms with Crippen molar-refractivity contribution >= 4 is 5.57 Å². The van der Waals surface area contributed by atoms with Crippen LogP contribution in [0.1, 0.15) is 16.7 Å². The molecular formula is C22H18O. The highest BCUT2D eigenvalue weighted by Gasteiger charge is 2.42. The van der Waals surface area contributed by atoms with Crippen LogP contribution in [0.25, 0.3) is 5.57 Å². The molecule has 112 valence electrons. The molecule has 0 bridgehead atoms. The summed E-state index contributed by atoms with van der Waals surface area (Å²) in [4.78, 5) is 0. The number of benzene rings is 3. The van der Waals surface area contributed by atoms with Gasteiger partial charge in [0.05, 0.1) is 6.61 Å². The summed E-state index contributed by atoms with van der Waals surface area (Å²) >= 11 is 0. The summed E-state index contributed by atoms with van der Waals surface area (Å²) in [5.41, 5.74) is 4.22. The van der Waals surface area contributed by atoms with E-state index in [9.17, 15) is 0 Å². The molecule has 0 atom stereocenters. The maximum Gasteiger partial charge on any atom is 0.144 e. The summed E-state index contributed by atoms with van der Waals surface area (Å²) in [5, 5.41) is 0. The van der Waals surface area contributed by atoms with Gasteiger partial charge >= 0.3 is 0 Å². The molecule has 0 saturated carbocycles. The van der Waals surface area contributed by atoms with Crippen LogP contribution in [0.15, 0.2) is 97.1 Å². The average molecular weight is 298 g/mol. The molecule has 3 aromatic carbocycles. The third kappa shape index (κ3) is 2.30. The number of hydrogen-bond donors (Lipinski definition) is 0. The second-order valence-corrected chi connectivity index (χ2v) is 5.71. The first kappa shape index (κ1) is 14.0. The topological polar surface area (TPSA) is 9.23 Å². The fourth-order valence-corrected chi connectivity index (χ4v) is 3.40. The van der Waals surface area contributed by atoms with Gasteiger partial charge < -0.3 is 4.74 Å². The molecule has 0 N–H and O–H groups in total. The quantitative estimate of drug-likeness (QED) is 0.658. The van der Waals surface area contributed by atoms with Gasteiger partial charge in [0.15, 0.2) is 0 Å². The van der Waals surface area contributed by atoms with Crippen LogP contribution in [0.4, 0.5) is 0 Å². The van der Waals surface area contributed by atoms with Gasteiger partial charge in [-0.1, -0.05) is 97.1 Å². The van der Waals surface area contributed by atoms with Crippen molar-refractivity contribution in [2.45, 2.75) is 5.60 Å². The molecule has 0 saturated heterocycles. The smallest absolute Gasteiger partial charge is 0.144 e. The van der Waals surface area contributed by atoms with Gasteiger partial charge in [0, 0.05) is 0 Å². The van der Waals surface area contributed by atoms with Crippen LogP contribution >= 0.6 is 0 Å². The van der Waals surface area contributed by atoms with E-state index in [1.807, 2.05) is 18.2 Å². The van der Waals surface area contributed by atoms with Crippen molar-refractivity contribution in [2.24, 2.45) is 0 Å². The third-order valence-corrected chi connectivity index (χ3v) is 4.41. The third-order valence-electron chi connectivity index (χ3n) is 4.41. The van der Waals surface area contributed by atoms with Crippen molar-refractivity contribution in [1.29, 1.82) is 0 Å². The fourth-order valence-electron chi connectivity index (χ4n) is 3.40. The summed E-state index contributed by atoms with van der Waals surface area (Å²) in [6.07, 6.45) is 2.20. The number of ether oxygens (including phenoxy) is 1. The van der Waals surface area contributed by atoms with Crippen molar-refractivity contribution in [3.05, 3.63) is 114 Å². The molecule has 0 amide bonds. The summed E-state index contributed by atoms with van der Waals surface area (Å²) in [7, 11) is 0. The molecule has 3 aromatic rings. The standard InChI is InChI=1S/C22H18O/c1-4-10-18(11-5-1)21-16-17-23-22(21,19-12-6-2-7-13-19)20-14-8-3-9-15-20/h1-16H,17H2. The highest BCUT2D eigenvalue weighted by atomic mass is 16.5. The van der Waals surface area contributed by atoms with Gasteiger partial charge in [-0.3, -0.25) is 0 Å². The first-order valence-electron chi connectivity index (χ1n) is 7.92. The maximum atomic E-state index is 6.39. The zero-order valence-electron chi connectivity index (χ0n) is 12.9. The SMILES string of the molecule is C1=C(c2ccccc2)C(c2ccccc2)(c2ccccc2)OC1. The lowest BCUT2D eigenvalue weighted by atomic mass is 9.78. The van der Waals surface area contributed by atoms with E-state index in [-0.39, 0.29) is 0 Å².